The number of aromatic nitrogens is 2. The molecule has 0 unspecified atom stereocenters. The van der Waals surface area contributed by atoms with Crippen LogP contribution in [0.4, 0.5) is 18.9 Å². The Labute approximate surface area is 133 Å². The molecule has 0 atom stereocenters. The SMILES string of the molecule is N#CC(C#N)=CNc1ccc(-n2ccc(C(F)(F)F)n2)c(Cl)c1. The number of benzene rings is 1. The van der Waals surface area contributed by atoms with Crippen molar-refractivity contribution in [2.24, 2.45) is 0 Å². The zero-order chi connectivity index (χ0) is 17.0. The van der Waals surface area contributed by atoms with Crippen LogP contribution in [0.25, 0.3) is 5.69 Å². The van der Waals surface area contributed by atoms with Crippen LogP contribution in [0.2, 0.25) is 5.02 Å². The molecule has 116 valence electrons. The van der Waals surface area contributed by atoms with Gasteiger partial charge in [-0.25, -0.2) is 4.68 Å². The molecule has 23 heavy (non-hydrogen) atoms. The minimum atomic E-state index is -4.53. The van der Waals surface area contributed by atoms with Gasteiger partial charge in [0.2, 0.25) is 0 Å². The molecule has 9 heteroatoms. The first-order chi connectivity index (χ1) is 10.8. The van der Waals surface area contributed by atoms with Crippen molar-refractivity contribution in [1.29, 1.82) is 10.5 Å². The molecule has 2 aromatic rings. The molecule has 1 aromatic heterocycles. The third-order valence-corrected chi connectivity index (χ3v) is 3.00. The number of nitriles is 2. The number of rotatable bonds is 3. The van der Waals surface area contributed by atoms with Crippen molar-refractivity contribution in [2.75, 3.05) is 5.32 Å². The summed E-state index contributed by atoms with van der Waals surface area (Å²) in [5.41, 5.74) is -0.430. The molecular formula is C14H7ClF3N5. The zero-order valence-electron chi connectivity index (χ0n) is 11.3. The largest absolute Gasteiger partial charge is 0.435 e. The Hall–Kier alpha value is -2.97. The molecule has 1 heterocycles. The maximum absolute atomic E-state index is 12.5. The molecule has 1 N–H and O–H groups in total. The predicted molar refractivity (Wildman–Crippen MR) is 76.5 cm³/mol. The van der Waals surface area contributed by atoms with E-state index in [-0.39, 0.29) is 16.3 Å². The van der Waals surface area contributed by atoms with Gasteiger partial charge in [0.15, 0.2) is 5.69 Å². The molecule has 0 radical (unpaired) electrons. The molecular weight excluding hydrogens is 331 g/mol. The monoisotopic (exact) mass is 337 g/mol. The van der Waals surface area contributed by atoms with E-state index in [4.69, 9.17) is 22.1 Å². The van der Waals surface area contributed by atoms with Gasteiger partial charge in [0.1, 0.15) is 17.7 Å². The molecule has 0 fully saturated rings. The number of anilines is 1. The summed E-state index contributed by atoms with van der Waals surface area (Å²) in [6.45, 7) is 0. The average Bonchev–Trinajstić information content (AvgIpc) is 2.98. The first kappa shape index (κ1) is 16.4. The molecule has 0 bridgehead atoms. The summed E-state index contributed by atoms with van der Waals surface area (Å²) < 4.78 is 38.7. The van der Waals surface area contributed by atoms with Gasteiger partial charge in [-0.3, -0.25) is 0 Å². The van der Waals surface area contributed by atoms with Crippen LogP contribution in [0.15, 0.2) is 42.2 Å². The van der Waals surface area contributed by atoms with Gasteiger partial charge in [-0.1, -0.05) is 11.6 Å². The lowest BCUT2D eigenvalue weighted by Crippen LogP contribution is -2.07. The average molecular weight is 338 g/mol. The number of halogens is 4. The van der Waals surface area contributed by atoms with E-state index in [1.807, 2.05) is 0 Å². The number of hydrogen-bond donors (Lipinski definition) is 1. The van der Waals surface area contributed by atoms with Crippen molar-refractivity contribution in [2.45, 2.75) is 6.18 Å². The van der Waals surface area contributed by atoms with E-state index in [1.54, 1.807) is 12.1 Å². The molecule has 0 aliphatic rings. The van der Waals surface area contributed by atoms with Crippen LogP contribution in [0.1, 0.15) is 5.69 Å². The fourth-order valence-electron chi connectivity index (χ4n) is 1.64. The van der Waals surface area contributed by atoms with Crippen molar-refractivity contribution >= 4 is 17.3 Å². The summed E-state index contributed by atoms with van der Waals surface area (Å²) in [5, 5.41) is 23.5. The van der Waals surface area contributed by atoms with Gasteiger partial charge in [0.25, 0.3) is 0 Å². The summed E-state index contributed by atoms with van der Waals surface area (Å²) in [7, 11) is 0. The summed E-state index contributed by atoms with van der Waals surface area (Å²) >= 11 is 6.04. The Kier molecular flexibility index (Phi) is 4.58. The molecule has 5 nitrogen and oxygen atoms in total. The predicted octanol–water partition coefficient (Wildman–Crippen LogP) is 3.89. The van der Waals surface area contributed by atoms with E-state index >= 15 is 0 Å². The molecule has 2 rings (SSSR count). The molecule has 0 aliphatic heterocycles. The Morgan fingerprint density at radius 2 is 1.96 bits per heavy atom. The van der Waals surface area contributed by atoms with Crippen LogP contribution in [-0.4, -0.2) is 9.78 Å². The smallest absolute Gasteiger partial charge is 0.360 e. The van der Waals surface area contributed by atoms with E-state index in [1.165, 1.54) is 24.4 Å². The second-order valence-corrected chi connectivity index (χ2v) is 4.64. The summed E-state index contributed by atoms with van der Waals surface area (Å²) in [6, 6.07) is 8.62. The first-order valence-electron chi connectivity index (χ1n) is 6.05. The number of nitrogens with zero attached hydrogens (tertiary/aromatic N) is 4. The van der Waals surface area contributed by atoms with E-state index in [2.05, 4.69) is 10.4 Å². The quantitative estimate of drug-likeness (QED) is 0.862. The van der Waals surface area contributed by atoms with E-state index < -0.39 is 11.9 Å². The molecule has 0 amide bonds. The lowest BCUT2D eigenvalue weighted by atomic mass is 10.2. The minimum absolute atomic E-state index is 0.132. The van der Waals surface area contributed by atoms with Crippen molar-refractivity contribution in [3.63, 3.8) is 0 Å². The van der Waals surface area contributed by atoms with Gasteiger partial charge in [-0.15, -0.1) is 0 Å². The van der Waals surface area contributed by atoms with Crippen molar-refractivity contribution < 1.29 is 13.2 Å². The fourth-order valence-corrected chi connectivity index (χ4v) is 1.90. The number of alkyl halides is 3. The highest BCUT2D eigenvalue weighted by Gasteiger charge is 2.33. The Balaban J connectivity index is 2.27. The van der Waals surface area contributed by atoms with Crippen LogP contribution in [0, 0.1) is 22.7 Å². The number of hydrogen-bond acceptors (Lipinski definition) is 4. The topological polar surface area (TPSA) is 77.4 Å². The highest BCUT2D eigenvalue weighted by molar-refractivity contribution is 6.32. The summed E-state index contributed by atoms with van der Waals surface area (Å²) in [5.74, 6) is 0. The van der Waals surface area contributed by atoms with Gasteiger partial charge in [-0.2, -0.15) is 28.8 Å². The van der Waals surface area contributed by atoms with Crippen molar-refractivity contribution in [3.8, 4) is 17.8 Å². The molecule has 1 aromatic carbocycles. The first-order valence-corrected chi connectivity index (χ1v) is 6.42. The van der Waals surface area contributed by atoms with E-state index in [9.17, 15) is 13.2 Å². The van der Waals surface area contributed by atoms with Crippen LogP contribution in [0.5, 0.6) is 0 Å². The van der Waals surface area contributed by atoms with E-state index in [0.29, 0.717) is 5.69 Å². The maximum Gasteiger partial charge on any atom is 0.435 e. The van der Waals surface area contributed by atoms with Crippen molar-refractivity contribution in [3.05, 3.63) is 53.0 Å². The van der Waals surface area contributed by atoms with Gasteiger partial charge >= 0.3 is 6.18 Å². The Morgan fingerprint density at radius 3 is 2.48 bits per heavy atom. The third-order valence-electron chi connectivity index (χ3n) is 2.70. The molecule has 0 saturated carbocycles. The highest BCUT2D eigenvalue weighted by Crippen LogP contribution is 2.29. The molecule has 0 aliphatic carbocycles. The van der Waals surface area contributed by atoms with Crippen molar-refractivity contribution in [1.82, 2.24) is 9.78 Å². The zero-order valence-corrected chi connectivity index (χ0v) is 12.0. The fraction of sp³-hybridized carbons (Fsp3) is 0.0714. The normalized spacial score (nSPS) is 10.5. The van der Waals surface area contributed by atoms with Gasteiger partial charge < -0.3 is 5.32 Å². The number of nitrogens with one attached hydrogen (secondary N) is 1. The lowest BCUT2D eigenvalue weighted by molar-refractivity contribution is -0.141. The third kappa shape index (κ3) is 3.82. The minimum Gasteiger partial charge on any atom is -0.360 e. The van der Waals surface area contributed by atoms with E-state index in [0.717, 1.165) is 16.9 Å². The molecule has 0 spiro atoms. The maximum atomic E-state index is 12.5. The Morgan fingerprint density at radius 1 is 1.26 bits per heavy atom. The van der Waals surface area contributed by atoms with Crippen LogP contribution >= 0.6 is 11.6 Å². The second-order valence-electron chi connectivity index (χ2n) is 4.24. The Bertz CT molecular complexity index is 823. The highest BCUT2D eigenvalue weighted by atomic mass is 35.5. The van der Waals surface area contributed by atoms with Crippen LogP contribution in [-0.2, 0) is 6.18 Å². The van der Waals surface area contributed by atoms with Gasteiger partial charge in [0, 0.05) is 18.1 Å². The van der Waals surface area contributed by atoms with Gasteiger partial charge in [0.05, 0.1) is 10.7 Å². The standard InChI is InChI=1S/C14H7ClF3N5/c15-11-5-10(21-8-9(6-19)7-20)1-2-12(11)23-4-3-13(22-23)14(16,17)18/h1-5,8,21H. The number of allylic oxidation sites excluding steroid dienone is 1. The summed E-state index contributed by atoms with van der Waals surface area (Å²) in [4.78, 5) is 0. The summed E-state index contributed by atoms with van der Waals surface area (Å²) in [6.07, 6.45) is -2.18. The lowest BCUT2D eigenvalue weighted by Gasteiger charge is -2.07. The second kappa shape index (κ2) is 6.42. The molecule has 0 saturated heterocycles. The van der Waals surface area contributed by atoms with Crippen LogP contribution in [0.3, 0.4) is 0 Å². The van der Waals surface area contributed by atoms with Gasteiger partial charge in [-0.05, 0) is 24.3 Å². The van der Waals surface area contributed by atoms with Crippen LogP contribution < -0.4 is 5.32 Å².